The third-order valence-electron chi connectivity index (χ3n) is 3.47. The summed E-state index contributed by atoms with van der Waals surface area (Å²) in [5.74, 6) is 0.940. The maximum absolute atomic E-state index is 6.36. The Labute approximate surface area is 118 Å². The van der Waals surface area contributed by atoms with Gasteiger partial charge in [0.1, 0.15) is 5.76 Å². The van der Waals surface area contributed by atoms with E-state index in [0.717, 1.165) is 35.1 Å². The second-order valence-electron chi connectivity index (χ2n) is 4.64. The highest BCUT2D eigenvalue weighted by atomic mass is 35.5. The molecule has 0 saturated heterocycles. The minimum absolute atomic E-state index is 0.178. The van der Waals surface area contributed by atoms with E-state index in [-0.39, 0.29) is 6.04 Å². The molecule has 1 atom stereocenters. The molecule has 0 spiro atoms. The number of likely N-dealkylation sites (N-methyl/N-ethyl adjacent to an activating group) is 1. The van der Waals surface area contributed by atoms with E-state index < -0.39 is 0 Å². The standard InChI is InChI=1S/C14H20ClN3O/c1-5-18-13(14(15)9(2)17-18)8-12(16-4)11-6-7-19-10(11)3/h6-7,12,16H,5,8H2,1-4H3. The maximum atomic E-state index is 6.36. The maximum Gasteiger partial charge on any atom is 0.105 e. The molecule has 4 nitrogen and oxygen atoms in total. The normalized spacial score (nSPS) is 12.9. The van der Waals surface area contributed by atoms with Crippen LogP contribution in [0.25, 0.3) is 0 Å². The first-order valence-electron chi connectivity index (χ1n) is 6.51. The van der Waals surface area contributed by atoms with E-state index in [1.807, 2.05) is 31.6 Å². The van der Waals surface area contributed by atoms with Gasteiger partial charge >= 0.3 is 0 Å². The topological polar surface area (TPSA) is 43.0 Å². The molecule has 2 rings (SSSR count). The van der Waals surface area contributed by atoms with Gasteiger partial charge in [-0.2, -0.15) is 5.10 Å². The molecule has 2 aromatic rings. The van der Waals surface area contributed by atoms with Crippen LogP contribution in [0.5, 0.6) is 0 Å². The number of aryl methyl sites for hydroxylation is 3. The fraction of sp³-hybridized carbons (Fsp3) is 0.500. The molecule has 0 aliphatic heterocycles. The second-order valence-corrected chi connectivity index (χ2v) is 5.02. The van der Waals surface area contributed by atoms with Gasteiger partial charge in [-0.3, -0.25) is 4.68 Å². The van der Waals surface area contributed by atoms with Crippen LogP contribution in [0.3, 0.4) is 0 Å². The first-order valence-corrected chi connectivity index (χ1v) is 6.89. The van der Waals surface area contributed by atoms with Crippen molar-refractivity contribution in [1.82, 2.24) is 15.1 Å². The zero-order valence-corrected chi connectivity index (χ0v) is 12.6. The summed E-state index contributed by atoms with van der Waals surface area (Å²) in [5, 5.41) is 8.54. The Morgan fingerprint density at radius 1 is 1.47 bits per heavy atom. The van der Waals surface area contributed by atoms with Crippen molar-refractivity contribution in [3.63, 3.8) is 0 Å². The fourth-order valence-corrected chi connectivity index (χ4v) is 2.59. The lowest BCUT2D eigenvalue weighted by molar-refractivity contribution is 0.502. The number of hydrogen-bond acceptors (Lipinski definition) is 3. The third kappa shape index (κ3) is 2.69. The number of rotatable bonds is 5. The summed E-state index contributed by atoms with van der Waals surface area (Å²) in [4.78, 5) is 0. The largest absolute Gasteiger partial charge is 0.469 e. The Morgan fingerprint density at radius 3 is 2.74 bits per heavy atom. The van der Waals surface area contributed by atoms with Crippen LogP contribution in [0.4, 0.5) is 0 Å². The summed E-state index contributed by atoms with van der Waals surface area (Å²) >= 11 is 6.36. The molecule has 1 unspecified atom stereocenters. The lowest BCUT2D eigenvalue weighted by Crippen LogP contribution is -2.21. The molecule has 0 amide bonds. The molecule has 2 aromatic heterocycles. The minimum Gasteiger partial charge on any atom is -0.469 e. The summed E-state index contributed by atoms with van der Waals surface area (Å²) in [5.41, 5.74) is 3.12. The monoisotopic (exact) mass is 281 g/mol. The summed E-state index contributed by atoms with van der Waals surface area (Å²) in [6, 6.07) is 2.18. The molecule has 2 heterocycles. The number of aromatic nitrogens is 2. The van der Waals surface area contributed by atoms with Crippen molar-refractivity contribution < 1.29 is 4.42 Å². The minimum atomic E-state index is 0.178. The van der Waals surface area contributed by atoms with Crippen molar-refractivity contribution >= 4 is 11.6 Å². The molecule has 0 aromatic carbocycles. The average molecular weight is 282 g/mol. The van der Waals surface area contributed by atoms with Gasteiger partial charge < -0.3 is 9.73 Å². The Bertz CT molecular complexity index is 559. The van der Waals surface area contributed by atoms with Gasteiger partial charge in [-0.05, 0) is 33.9 Å². The van der Waals surface area contributed by atoms with Crippen molar-refractivity contribution in [3.8, 4) is 0 Å². The highest BCUT2D eigenvalue weighted by molar-refractivity contribution is 6.31. The lowest BCUT2D eigenvalue weighted by atomic mass is 10.0. The average Bonchev–Trinajstić information content (AvgIpc) is 2.93. The van der Waals surface area contributed by atoms with Crippen molar-refractivity contribution in [2.75, 3.05) is 7.05 Å². The molecule has 0 bridgehead atoms. The molecule has 0 aliphatic carbocycles. The highest BCUT2D eigenvalue weighted by Gasteiger charge is 2.20. The molecular formula is C14H20ClN3O. The predicted molar refractivity (Wildman–Crippen MR) is 76.6 cm³/mol. The quantitative estimate of drug-likeness (QED) is 0.915. The molecule has 0 aliphatic rings. The van der Waals surface area contributed by atoms with Crippen LogP contribution in [0.1, 0.15) is 35.7 Å². The Balaban J connectivity index is 2.31. The van der Waals surface area contributed by atoms with Gasteiger partial charge in [0, 0.05) is 24.6 Å². The van der Waals surface area contributed by atoms with E-state index in [4.69, 9.17) is 16.0 Å². The number of halogens is 1. The van der Waals surface area contributed by atoms with E-state index in [0.29, 0.717) is 0 Å². The number of nitrogens with zero attached hydrogens (tertiary/aromatic N) is 2. The molecule has 104 valence electrons. The number of nitrogens with one attached hydrogen (secondary N) is 1. The molecule has 1 N–H and O–H groups in total. The molecule has 0 saturated carbocycles. The molecule has 0 fully saturated rings. The zero-order chi connectivity index (χ0) is 14.0. The Hall–Kier alpha value is -1.26. The van der Waals surface area contributed by atoms with Crippen LogP contribution >= 0.6 is 11.6 Å². The number of furan rings is 1. The first-order chi connectivity index (χ1) is 9.08. The van der Waals surface area contributed by atoms with Gasteiger partial charge in [-0.15, -0.1) is 0 Å². The van der Waals surface area contributed by atoms with E-state index in [1.54, 1.807) is 6.26 Å². The van der Waals surface area contributed by atoms with Crippen molar-refractivity contribution in [1.29, 1.82) is 0 Å². The van der Waals surface area contributed by atoms with Crippen LogP contribution in [0.2, 0.25) is 5.02 Å². The first kappa shape index (κ1) is 14.2. The van der Waals surface area contributed by atoms with Crippen LogP contribution in [-0.4, -0.2) is 16.8 Å². The van der Waals surface area contributed by atoms with Gasteiger partial charge in [0.15, 0.2) is 0 Å². The molecule has 0 radical (unpaired) electrons. The number of hydrogen-bond donors (Lipinski definition) is 1. The smallest absolute Gasteiger partial charge is 0.105 e. The van der Waals surface area contributed by atoms with Crippen molar-refractivity contribution in [2.24, 2.45) is 0 Å². The summed E-state index contributed by atoms with van der Waals surface area (Å²) in [6.07, 6.45) is 2.52. The summed E-state index contributed by atoms with van der Waals surface area (Å²) in [6.45, 7) is 6.81. The van der Waals surface area contributed by atoms with Crippen LogP contribution in [0, 0.1) is 13.8 Å². The Kier molecular flexibility index (Phi) is 4.32. The van der Waals surface area contributed by atoms with Gasteiger partial charge in [0.2, 0.25) is 0 Å². The van der Waals surface area contributed by atoms with Gasteiger partial charge in [0.05, 0.1) is 22.7 Å². The molecular weight excluding hydrogens is 262 g/mol. The van der Waals surface area contributed by atoms with E-state index in [2.05, 4.69) is 17.3 Å². The lowest BCUT2D eigenvalue weighted by Gasteiger charge is -2.16. The van der Waals surface area contributed by atoms with Gasteiger partial charge in [-0.1, -0.05) is 11.6 Å². The van der Waals surface area contributed by atoms with Crippen LogP contribution in [-0.2, 0) is 13.0 Å². The van der Waals surface area contributed by atoms with E-state index >= 15 is 0 Å². The van der Waals surface area contributed by atoms with Crippen molar-refractivity contribution in [3.05, 3.63) is 40.1 Å². The predicted octanol–water partition coefficient (Wildman–Crippen LogP) is 3.27. The Morgan fingerprint density at radius 2 is 2.21 bits per heavy atom. The van der Waals surface area contributed by atoms with Gasteiger partial charge in [0.25, 0.3) is 0 Å². The third-order valence-corrected chi connectivity index (χ3v) is 3.96. The van der Waals surface area contributed by atoms with Crippen LogP contribution < -0.4 is 5.32 Å². The van der Waals surface area contributed by atoms with Crippen molar-refractivity contribution in [2.45, 2.75) is 39.8 Å². The van der Waals surface area contributed by atoms with Gasteiger partial charge in [-0.25, -0.2) is 0 Å². The fourth-order valence-electron chi connectivity index (χ4n) is 2.38. The summed E-state index contributed by atoms with van der Waals surface area (Å²) < 4.78 is 7.35. The van der Waals surface area contributed by atoms with Crippen LogP contribution in [0.15, 0.2) is 16.7 Å². The molecule has 19 heavy (non-hydrogen) atoms. The molecule has 5 heteroatoms. The second kappa shape index (κ2) is 5.80. The SMILES string of the molecule is CCn1nc(C)c(Cl)c1CC(NC)c1ccoc1C. The van der Waals surface area contributed by atoms with E-state index in [1.165, 1.54) is 5.56 Å². The zero-order valence-electron chi connectivity index (χ0n) is 11.8. The van der Waals surface area contributed by atoms with E-state index in [9.17, 15) is 0 Å². The highest BCUT2D eigenvalue weighted by Crippen LogP contribution is 2.27. The summed E-state index contributed by atoms with van der Waals surface area (Å²) in [7, 11) is 1.95.